The van der Waals surface area contributed by atoms with Gasteiger partial charge in [0.15, 0.2) is 0 Å². The Bertz CT molecular complexity index is 384. The predicted octanol–water partition coefficient (Wildman–Crippen LogP) is 4.03. The molecular formula is C15H25ClN2S. The molecule has 0 amide bonds. The summed E-state index contributed by atoms with van der Waals surface area (Å²) in [4.78, 5) is 2.37. The lowest BCUT2D eigenvalue weighted by atomic mass is 10.1. The van der Waals surface area contributed by atoms with Crippen LogP contribution in [0.15, 0.2) is 18.2 Å². The van der Waals surface area contributed by atoms with E-state index in [2.05, 4.69) is 43.4 Å². The van der Waals surface area contributed by atoms with Gasteiger partial charge in [-0.3, -0.25) is 0 Å². The Labute approximate surface area is 126 Å². The highest BCUT2D eigenvalue weighted by atomic mass is 35.5. The predicted molar refractivity (Wildman–Crippen MR) is 89.7 cm³/mol. The van der Waals surface area contributed by atoms with Crippen LogP contribution >= 0.6 is 23.4 Å². The third-order valence-electron chi connectivity index (χ3n) is 3.40. The van der Waals surface area contributed by atoms with Gasteiger partial charge in [0.1, 0.15) is 0 Å². The van der Waals surface area contributed by atoms with Gasteiger partial charge in [-0.05, 0) is 31.4 Å². The van der Waals surface area contributed by atoms with Gasteiger partial charge < -0.3 is 10.2 Å². The number of nitrogens with zero attached hydrogens (tertiary/aromatic N) is 1. The molecule has 1 N–H and O–H groups in total. The van der Waals surface area contributed by atoms with Crippen molar-refractivity contribution in [3.8, 4) is 0 Å². The van der Waals surface area contributed by atoms with E-state index in [0.717, 1.165) is 30.3 Å². The van der Waals surface area contributed by atoms with Gasteiger partial charge in [0, 0.05) is 41.7 Å². The molecule has 2 nitrogen and oxygen atoms in total. The van der Waals surface area contributed by atoms with Crippen LogP contribution in [0.4, 0.5) is 5.69 Å². The third-order valence-corrected chi connectivity index (χ3v) is 4.48. The number of hydrogen-bond donors (Lipinski definition) is 1. The molecule has 0 aliphatic rings. The number of rotatable bonds is 8. The summed E-state index contributed by atoms with van der Waals surface area (Å²) in [6.07, 6.45) is 3.30. The molecule has 0 heterocycles. The first-order chi connectivity index (χ1) is 9.15. The van der Waals surface area contributed by atoms with Crippen LogP contribution in [0.3, 0.4) is 0 Å². The minimum Gasteiger partial charge on any atom is -0.370 e. The second kappa shape index (κ2) is 8.72. The van der Waals surface area contributed by atoms with Crippen LogP contribution in [0.1, 0.15) is 25.8 Å². The molecule has 1 aromatic carbocycles. The molecule has 19 heavy (non-hydrogen) atoms. The summed E-state index contributed by atoms with van der Waals surface area (Å²) in [5.41, 5.74) is 2.45. The molecule has 0 saturated heterocycles. The van der Waals surface area contributed by atoms with E-state index in [1.54, 1.807) is 0 Å². The fourth-order valence-corrected chi connectivity index (χ4v) is 3.28. The number of thioether (sulfide) groups is 1. The zero-order valence-corrected chi connectivity index (χ0v) is 13.9. The second-order valence-corrected chi connectivity index (χ2v) is 5.96. The summed E-state index contributed by atoms with van der Waals surface area (Å²) >= 11 is 8.26. The fourth-order valence-electron chi connectivity index (χ4n) is 2.20. The summed E-state index contributed by atoms with van der Waals surface area (Å²) in [6, 6.07) is 6.73. The van der Waals surface area contributed by atoms with Crippen molar-refractivity contribution in [2.45, 2.75) is 32.9 Å². The van der Waals surface area contributed by atoms with Crippen molar-refractivity contribution in [3.05, 3.63) is 28.8 Å². The molecular weight excluding hydrogens is 276 g/mol. The molecule has 108 valence electrons. The quantitative estimate of drug-likeness (QED) is 0.780. The van der Waals surface area contributed by atoms with Crippen molar-refractivity contribution in [2.75, 3.05) is 30.5 Å². The maximum absolute atomic E-state index is 6.36. The Morgan fingerprint density at radius 1 is 1.37 bits per heavy atom. The summed E-state index contributed by atoms with van der Waals surface area (Å²) < 4.78 is 0. The van der Waals surface area contributed by atoms with E-state index < -0.39 is 0 Å². The Hall–Kier alpha value is -0.380. The highest BCUT2D eigenvalue weighted by molar-refractivity contribution is 7.98. The van der Waals surface area contributed by atoms with Crippen LogP contribution in [-0.4, -0.2) is 31.6 Å². The van der Waals surface area contributed by atoms with E-state index in [9.17, 15) is 0 Å². The van der Waals surface area contributed by atoms with Crippen molar-refractivity contribution in [1.82, 2.24) is 5.32 Å². The lowest BCUT2D eigenvalue weighted by Crippen LogP contribution is -2.34. The standard InChI is InChI=1S/C15H25ClN2S/c1-5-12(11-19-4)18(3)15-9-7-8-14(16)13(15)10-17-6-2/h7-9,12,17H,5-6,10-11H2,1-4H3. The van der Waals surface area contributed by atoms with Gasteiger partial charge in [0.05, 0.1) is 0 Å². The largest absolute Gasteiger partial charge is 0.370 e. The van der Waals surface area contributed by atoms with E-state index in [1.807, 2.05) is 23.9 Å². The topological polar surface area (TPSA) is 15.3 Å². The Morgan fingerprint density at radius 3 is 2.68 bits per heavy atom. The van der Waals surface area contributed by atoms with E-state index >= 15 is 0 Å². The molecule has 0 aromatic heterocycles. The minimum atomic E-state index is 0.550. The minimum absolute atomic E-state index is 0.550. The van der Waals surface area contributed by atoms with Gasteiger partial charge in [-0.2, -0.15) is 11.8 Å². The average Bonchev–Trinajstić information content (AvgIpc) is 2.42. The van der Waals surface area contributed by atoms with Crippen molar-refractivity contribution >= 4 is 29.1 Å². The van der Waals surface area contributed by atoms with Crippen molar-refractivity contribution < 1.29 is 0 Å². The lowest BCUT2D eigenvalue weighted by Gasteiger charge is -2.31. The van der Waals surface area contributed by atoms with Crippen LogP contribution in [0.2, 0.25) is 5.02 Å². The van der Waals surface area contributed by atoms with Crippen LogP contribution in [-0.2, 0) is 6.54 Å². The first kappa shape index (κ1) is 16.7. The Kier molecular flexibility index (Phi) is 7.66. The summed E-state index contributed by atoms with van der Waals surface area (Å²) in [6.45, 7) is 6.14. The molecule has 0 aliphatic carbocycles. The van der Waals surface area contributed by atoms with Crippen LogP contribution < -0.4 is 10.2 Å². The van der Waals surface area contributed by atoms with Crippen LogP contribution in [0.5, 0.6) is 0 Å². The highest BCUT2D eigenvalue weighted by Gasteiger charge is 2.17. The summed E-state index contributed by atoms with van der Waals surface area (Å²) in [5.74, 6) is 1.14. The number of halogens is 1. The molecule has 1 atom stereocenters. The summed E-state index contributed by atoms with van der Waals surface area (Å²) in [7, 11) is 2.17. The van der Waals surface area contributed by atoms with Gasteiger partial charge in [-0.25, -0.2) is 0 Å². The maximum atomic E-state index is 6.36. The van der Waals surface area contributed by atoms with Crippen molar-refractivity contribution in [2.24, 2.45) is 0 Å². The zero-order chi connectivity index (χ0) is 14.3. The van der Waals surface area contributed by atoms with Gasteiger partial charge >= 0.3 is 0 Å². The molecule has 1 rings (SSSR count). The van der Waals surface area contributed by atoms with E-state index in [1.165, 1.54) is 11.3 Å². The first-order valence-electron chi connectivity index (χ1n) is 6.85. The van der Waals surface area contributed by atoms with Crippen LogP contribution in [0, 0.1) is 0 Å². The molecule has 4 heteroatoms. The van der Waals surface area contributed by atoms with Gasteiger partial charge in [-0.15, -0.1) is 0 Å². The average molecular weight is 301 g/mol. The van der Waals surface area contributed by atoms with E-state index in [4.69, 9.17) is 11.6 Å². The Balaban J connectivity index is 2.99. The molecule has 0 bridgehead atoms. The van der Waals surface area contributed by atoms with E-state index in [0.29, 0.717) is 6.04 Å². The lowest BCUT2D eigenvalue weighted by molar-refractivity contribution is 0.663. The second-order valence-electron chi connectivity index (χ2n) is 4.65. The first-order valence-corrected chi connectivity index (χ1v) is 8.62. The van der Waals surface area contributed by atoms with Crippen molar-refractivity contribution in [1.29, 1.82) is 0 Å². The SMILES string of the molecule is CCNCc1c(Cl)cccc1N(C)C(CC)CSC. The highest BCUT2D eigenvalue weighted by Crippen LogP contribution is 2.29. The molecule has 0 radical (unpaired) electrons. The van der Waals surface area contributed by atoms with Gasteiger partial charge in [0.2, 0.25) is 0 Å². The molecule has 1 aromatic rings. The molecule has 0 saturated carbocycles. The molecule has 0 aliphatic heterocycles. The van der Waals surface area contributed by atoms with E-state index in [-0.39, 0.29) is 0 Å². The monoisotopic (exact) mass is 300 g/mol. The zero-order valence-electron chi connectivity index (χ0n) is 12.4. The smallest absolute Gasteiger partial charge is 0.0471 e. The third kappa shape index (κ3) is 4.59. The number of benzene rings is 1. The normalized spacial score (nSPS) is 12.5. The van der Waals surface area contributed by atoms with Crippen molar-refractivity contribution in [3.63, 3.8) is 0 Å². The number of anilines is 1. The van der Waals surface area contributed by atoms with Crippen LogP contribution in [0.25, 0.3) is 0 Å². The van der Waals surface area contributed by atoms with Gasteiger partial charge in [0.25, 0.3) is 0 Å². The molecule has 1 unspecified atom stereocenters. The molecule has 0 fully saturated rings. The Morgan fingerprint density at radius 2 is 2.11 bits per heavy atom. The van der Waals surface area contributed by atoms with Gasteiger partial charge in [-0.1, -0.05) is 31.5 Å². The molecule has 0 spiro atoms. The fraction of sp³-hybridized carbons (Fsp3) is 0.600. The number of nitrogens with one attached hydrogen (secondary N) is 1. The number of hydrogen-bond acceptors (Lipinski definition) is 3. The maximum Gasteiger partial charge on any atom is 0.0471 e. The summed E-state index contributed by atoms with van der Waals surface area (Å²) in [5, 5.41) is 4.22.